The molecule has 5 rings (SSSR count). The minimum absolute atomic E-state index is 0.0744. The third-order valence-corrected chi connectivity index (χ3v) is 10.6. The van der Waals surface area contributed by atoms with Crippen LogP contribution in [0.15, 0.2) is 53.6 Å². The number of carbonyl (C=O) groups excluding carboxylic acids is 1. The summed E-state index contributed by atoms with van der Waals surface area (Å²) in [5, 5.41) is 12.8. The van der Waals surface area contributed by atoms with E-state index in [4.69, 9.17) is 0 Å². The molecule has 33 heavy (non-hydrogen) atoms. The van der Waals surface area contributed by atoms with Crippen molar-refractivity contribution in [2.75, 3.05) is 7.05 Å². The van der Waals surface area contributed by atoms with E-state index in [-0.39, 0.29) is 22.7 Å². The molecule has 4 aliphatic rings. The summed E-state index contributed by atoms with van der Waals surface area (Å²) >= 11 is 0. The molecule has 0 aliphatic heterocycles. The number of nitrogens with zero attached hydrogens (tertiary/aromatic N) is 1. The van der Waals surface area contributed by atoms with Crippen molar-refractivity contribution in [3.05, 3.63) is 59.2 Å². The molecule has 0 heterocycles. The Hall–Kier alpha value is -2.34. The van der Waals surface area contributed by atoms with E-state index < -0.39 is 0 Å². The quantitative estimate of drug-likeness (QED) is 0.589. The van der Waals surface area contributed by atoms with Crippen LogP contribution in [0.3, 0.4) is 0 Å². The topological polar surface area (TPSA) is 52.9 Å². The van der Waals surface area contributed by atoms with Gasteiger partial charge in [0, 0.05) is 18.5 Å². The predicted molar refractivity (Wildman–Crippen MR) is 132 cm³/mol. The van der Waals surface area contributed by atoms with Gasteiger partial charge in [0.25, 0.3) is 0 Å². The van der Waals surface area contributed by atoms with Crippen LogP contribution in [0.25, 0.3) is 0 Å². The van der Waals surface area contributed by atoms with Gasteiger partial charge in [-0.3, -0.25) is 4.79 Å². The van der Waals surface area contributed by atoms with Crippen molar-refractivity contribution in [1.29, 1.82) is 5.26 Å². The van der Waals surface area contributed by atoms with E-state index in [1.165, 1.54) is 24.0 Å². The average molecular weight is 443 g/mol. The van der Waals surface area contributed by atoms with E-state index >= 15 is 0 Å². The van der Waals surface area contributed by atoms with Gasteiger partial charge in [0.05, 0.1) is 6.07 Å². The van der Waals surface area contributed by atoms with E-state index in [1.54, 1.807) is 7.05 Å². The molecular weight excluding hydrogens is 404 g/mol. The highest BCUT2D eigenvalue weighted by Gasteiger charge is 2.61. The van der Waals surface area contributed by atoms with Gasteiger partial charge in [-0.2, -0.15) is 5.26 Å². The second kappa shape index (κ2) is 8.15. The molecule has 0 bridgehead atoms. The molecule has 2 fully saturated rings. The number of amides is 1. The highest BCUT2D eigenvalue weighted by atomic mass is 16.1. The first-order valence-corrected chi connectivity index (χ1v) is 12.9. The second-order valence-corrected chi connectivity index (χ2v) is 11.6. The summed E-state index contributed by atoms with van der Waals surface area (Å²) < 4.78 is 0. The normalized spacial score (nSPS) is 40.3. The van der Waals surface area contributed by atoms with Crippen molar-refractivity contribution >= 4 is 5.91 Å². The lowest BCUT2D eigenvalue weighted by atomic mass is 9.44. The van der Waals surface area contributed by atoms with Crippen molar-refractivity contribution in [3.8, 4) is 6.07 Å². The van der Waals surface area contributed by atoms with Gasteiger partial charge in [0.2, 0.25) is 5.91 Å². The van der Waals surface area contributed by atoms with Gasteiger partial charge in [-0.15, -0.1) is 0 Å². The second-order valence-electron chi connectivity index (χ2n) is 11.6. The Morgan fingerprint density at radius 3 is 2.61 bits per heavy atom. The standard InChI is InChI=1S/C30H38N2O/c1-19(21-8-6-5-7-9-21)27-17-20(18-31)16-22-10-11-23-24-12-13-26(28(33)32-4)29(24,2)15-14-25(23)30(22,27)3/h5-10,16,19,23-27H,11-15,17H2,1-4H3,(H,32,33)/t19?,23-,24-,25-,26+,27?,29-,30-/m0/s1. The third kappa shape index (κ3) is 3.24. The summed E-state index contributed by atoms with van der Waals surface area (Å²) in [6.07, 6.45) is 11.2. The first-order chi connectivity index (χ1) is 15.8. The fraction of sp³-hybridized carbons (Fsp3) is 0.600. The Balaban J connectivity index is 1.55. The SMILES string of the molecule is CNC(=O)[C@H]1CC[C@H]2[C@@H]3CC=C4C=C(C#N)CC(C(C)c5ccccc5)[C@]4(C)[C@H]3CC[C@]12C. The van der Waals surface area contributed by atoms with E-state index in [0.29, 0.717) is 29.6 Å². The van der Waals surface area contributed by atoms with Crippen molar-refractivity contribution in [1.82, 2.24) is 5.32 Å². The minimum Gasteiger partial charge on any atom is -0.359 e. The number of carbonyl (C=O) groups is 1. The molecule has 1 amide bonds. The summed E-state index contributed by atoms with van der Waals surface area (Å²) in [6, 6.07) is 13.4. The zero-order valence-corrected chi connectivity index (χ0v) is 20.6. The summed E-state index contributed by atoms with van der Waals surface area (Å²) in [7, 11) is 1.79. The van der Waals surface area contributed by atoms with Gasteiger partial charge < -0.3 is 5.32 Å². The Labute approximate surface area is 199 Å². The van der Waals surface area contributed by atoms with Crippen molar-refractivity contribution in [3.63, 3.8) is 0 Å². The lowest BCUT2D eigenvalue weighted by molar-refractivity contribution is -0.131. The van der Waals surface area contributed by atoms with Crippen LogP contribution in [0.1, 0.15) is 70.8 Å². The van der Waals surface area contributed by atoms with Gasteiger partial charge in [-0.05, 0) is 96.2 Å². The molecule has 1 N–H and O–H groups in total. The zero-order chi connectivity index (χ0) is 23.4. The van der Waals surface area contributed by atoms with E-state index in [1.807, 2.05) is 0 Å². The van der Waals surface area contributed by atoms with Crippen molar-refractivity contribution in [2.45, 2.75) is 65.2 Å². The van der Waals surface area contributed by atoms with Crippen molar-refractivity contribution in [2.24, 2.45) is 40.4 Å². The molecule has 2 saturated carbocycles. The number of nitrogens with one attached hydrogen (secondary N) is 1. The average Bonchev–Trinajstić information content (AvgIpc) is 3.20. The molecule has 1 aromatic carbocycles. The molecule has 2 unspecified atom stereocenters. The molecule has 8 atom stereocenters. The molecule has 4 aliphatic carbocycles. The number of allylic oxidation sites excluding steroid dienone is 4. The number of hydrogen-bond donors (Lipinski definition) is 1. The molecule has 0 aromatic heterocycles. The van der Waals surface area contributed by atoms with Crippen LogP contribution in [0.2, 0.25) is 0 Å². The van der Waals surface area contributed by atoms with Crippen LogP contribution in [-0.4, -0.2) is 13.0 Å². The number of hydrogen-bond acceptors (Lipinski definition) is 2. The Morgan fingerprint density at radius 2 is 1.91 bits per heavy atom. The molecule has 0 radical (unpaired) electrons. The van der Waals surface area contributed by atoms with Crippen molar-refractivity contribution < 1.29 is 4.79 Å². The summed E-state index contributed by atoms with van der Waals surface area (Å²) in [5.74, 6) is 3.07. The van der Waals surface area contributed by atoms with Crippen LogP contribution in [0.4, 0.5) is 0 Å². The highest BCUT2D eigenvalue weighted by Crippen LogP contribution is 2.68. The lowest BCUT2D eigenvalue weighted by Gasteiger charge is -2.60. The number of rotatable bonds is 3. The van der Waals surface area contributed by atoms with Crippen LogP contribution in [0.5, 0.6) is 0 Å². The van der Waals surface area contributed by atoms with Gasteiger partial charge in [-0.1, -0.05) is 57.2 Å². The van der Waals surface area contributed by atoms with E-state index in [2.05, 4.69) is 74.6 Å². The molecule has 0 saturated heterocycles. The minimum atomic E-state index is 0.0744. The molecular formula is C30H38N2O. The molecule has 3 heteroatoms. The monoisotopic (exact) mass is 442 g/mol. The Bertz CT molecular complexity index is 1030. The van der Waals surface area contributed by atoms with E-state index in [0.717, 1.165) is 31.3 Å². The van der Waals surface area contributed by atoms with Crippen LogP contribution >= 0.6 is 0 Å². The van der Waals surface area contributed by atoms with Crippen LogP contribution in [0, 0.1) is 51.8 Å². The largest absolute Gasteiger partial charge is 0.359 e. The Kier molecular flexibility index (Phi) is 5.55. The molecule has 3 nitrogen and oxygen atoms in total. The van der Waals surface area contributed by atoms with E-state index in [9.17, 15) is 10.1 Å². The fourth-order valence-electron chi connectivity index (χ4n) is 8.82. The maximum atomic E-state index is 12.7. The van der Waals surface area contributed by atoms with Gasteiger partial charge in [0.1, 0.15) is 0 Å². The zero-order valence-electron chi connectivity index (χ0n) is 20.6. The third-order valence-electron chi connectivity index (χ3n) is 10.6. The summed E-state index contributed by atoms with van der Waals surface area (Å²) in [6.45, 7) is 7.29. The smallest absolute Gasteiger partial charge is 0.223 e. The summed E-state index contributed by atoms with van der Waals surface area (Å²) in [5.41, 5.74) is 3.91. The Morgan fingerprint density at radius 1 is 1.15 bits per heavy atom. The molecule has 174 valence electrons. The maximum Gasteiger partial charge on any atom is 0.223 e. The first-order valence-electron chi connectivity index (χ1n) is 12.9. The van der Waals surface area contributed by atoms with Gasteiger partial charge >= 0.3 is 0 Å². The summed E-state index contributed by atoms with van der Waals surface area (Å²) in [4.78, 5) is 12.7. The molecule has 1 aromatic rings. The lowest BCUT2D eigenvalue weighted by Crippen LogP contribution is -2.53. The highest BCUT2D eigenvalue weighted by molar-refractivity contribution is 5.79. The molecule has 0 spiro atoms. The van der Waals surface area contributed by atoms with Gasteiger partial charge in [-0.25, -0.2) is 0 Å². The number of benzene rings is 1. The number of fused-ring (bicyclic) bond motifs is 5. The van der Waals surface area contributed by atoms with Crippen LogP contribution < -0.4 is 5.32 Å². The fourth-order valence-corrected chi connectivity index (χ4v) is 8.82. The first kappa shape index (κ1) is 22.5. The van der Waals surface area contributed by atoms with Crippen LogP contribution in [-0.2, 0) is 4.79 Å². The number of nitriles is 1. The predicted octanol–water partition coefficient (Wildman–Crippen LogP) is 6.40. The van der Waals surface area contributed by atoms with Gasteiger partial charge in [0.15, 0.2) is 0 Å². The maximum absolute atomic E-state index is 12.7.